The van der Waals surface area contributed by atoms with E-state index in [1.165, 1.54) is 7.05 Å². The molecule has 1 aliphatic heterocycles. The van der Waals surface area contributed by atoms with Crippen molar-refractivity contribution in [2.24, 2.45) is 5.92 Å². The van der Waals surface area contributed by atoms with E-state index in [1.807, 2.05) is 7.05 Å². The Morgan fingerprint density at radius 3 is 2.42 bits per heavy atom. The standard InChI is InChI=1S/C15H20ClF3N2O2S/c1-20-7-5-11(6-8-20)10-21(2)24(22,23)14-9-12(15(17,18)19)3-4-13(14)16/h3-4,9,11H,5-8,10H2,1-2H3. The molecule has 4 nitrogen and oxygen atoms in total. The second-order valence-corrected chi connectivity index (χ2v) is 8.60. The van der Waals surface area contributed by atoms with Gasteiger partial charge in [0.25, 0.3) is 0 Å². The number of hydrogen-bond acceptors (Lipinski definition) is 3. The first-order valence-electron chi connectivity index (χ1n) is 7.53. The highest BCUT2D eigenvalue weighted by Crippen LogP contribution is 2.34. The molecule has 1 aliphatic rings. The molecule has 2 rings (SSSR count). The van der Waals surface area contributed by atoms with E-state index in [1.54, 1.807) is 0 Å². The zero-order valence-corrected chi connectivity index (χ0v) is 15.0. The van der Waals surface area contributed by atoms with Crippen LogP contribution in [0.2, 0.25) is 5.02 Å². The largest absolute Gasteiger partial charge is 0.416 e. The van der Waals surface area contributed by atoms with Gasteiger partial charge in [-0.05, 0) is 57.1 Å². The predicted molar refractivity (Wildman–Crippen MR) is 86.5 cm³/mol. The van der Waals surface area contributed by atoms with Crippen molar-refractivity contribution >= 4 is 21.6 Å². The SMILES string of the molecule is CN1CCC(CN(C)S(=O)(=O)c2cc(C(F)(F)F)ccc2Cl)CC1. The van der Waals surface area contributed by atoms with E-state index < -0.39 is 26.7 Å². The molecule has 0 aliphatic carbocycles. The van der Waals surface area contributed by atoms with Crippen LogP contribution in [0.25, 0.3) is 0 Å². The van der Waals surface area contributed by atoms with Gasteiger partial charge in [0.15, 0.2) is 0 Å². The lowest BCUT2D eigenvalue weighted by atomic mass is 9.97. The molecular weight excluding hydrogens is 365 g/mol. The average Bonchev–Trinajstić information content (AvgIpc) is 2.48. The monoisotopic (exact) mass is 384 g/mol. The van der Waals surface area contributed by atoms with E-state index in [9.17, 15) is 21.6 Å². The summed E-state index contributed by atoms with van der Waals surface area (Å²) in [5.74, 6) is 0.186. The van der Waals surface area contributed by atoms with Crippen molar-refractivity contribution in [3.8, 4) is 0 Å². The van der Waals surface area contributed by atoms with E-state index in [0.717, 1.165) is 42.4 Å². The van der Waals surface area contributed by atoms with Crippen LogP contribution in [0, 0.1) is 5.92 Å². The molecule has 0 saturated carbocycles. The zero-order valence-electron chi connectivity index (χ0n) is 13.5. The van der Waals surface area contributed by atoms with E-state index >= 15 is 0 Å². The third kappa shape index (κ3) is 4.41. The van der Waals surface area contributed by atoms with Crippen LogP contribution in [0.4, 0.5) is 13.2 Å². The average molecular weight is 385 g/mol. The molecule has 1 saturated heterocycles. The molecule has 0 bridgehead atoms. The van der Waals surface area contributed by atoms with E-state index in [2.05, 4.69) is 4.90 Å². The number of likely N-dealkylation sites (tertiary alicyclic amines) is 1. The minimum absolute atomic E-state index is 0.186. The number of nitrogens with zero attached hydrogens (tertiary/aromatic N) is 2. The van der Waals surface area contributed by atoms with E-state index in [0.29, 0.717) is 6.07 Å². The molecule has 0 spiro atoms. The predicted octanol–water partition coefficient (Wildman–Crippen LogP) is 3.32. The van der Waals surface area contributed by atoms with Gasteiger partial charge in [-0.15, -0.1) is 0 Å². The van der Waals surface area contributed by atoms with Crippen molar-refractivity contribution in [2.75, 3.05) is 33.7 Å². The highest BCUT2D eigenvalue weighted by atomic mass is 35.5. The number of alkyl halides is 3. The highest BCUT2D eigenvalue weighted by molar-refractivity contribution is 7.89. The van der Waals surface area contributed by atoms with Crippen LogP contribution in [0.1, 0.15) is 18.4 Å². The fourth-order valence-electron chi connectivity index (χ4n) is 2.75. The first kappa shape index (κ1) is 19.5. The Hall–Kier alpha value is -0.830. The molecule has 0 unspecified atom stereocenters. The summed E-state index contributed by atoms with van der Waals surface area (Å²) in [5.41, 5.74) is -1.03. The Kier molecular flexibility index (Phi) is 5.84. The first-order chi connectivity index (χ1) is 11.0. The topological polar surface area (TPSA) is 40.6 Å². The van der Waals surface area contributed by atoms with Gasteiger partial charge in [-0.25, -0.2) is 12.7 Å². The quantitative estimate of drug-likeness (QED) is 0.799. The summed E-state index contributed by atoms with van der Waals surface area (Å²) < 4.78 is 64.9. The molecule has 0 amide bonds. The second kappa shape index (κ2) is 7.19. The van der Waals surface area contributed by atoms with Gasteiger partial charge in [-0.3, -0.25) is 0 Å². The van der Waals surface area contributed by atoms with Crippen LogP contribution in [-0.2, 0) is 16.2 Å². The smallest absolute Gasteiger partial charge is 0.306 e. The van der Waals surface area contributed by atoms with Gasteiger partial charge in [0, 0.05) is 13.6 Å². The molecule has 0 radical (unpaired) electrons. The Bertz CT molecular complexity index is 686. The summed E-state index contributed by atoms with van der Waals surface area (Å²) >= 11 is 5.86. The molecule has 9 heteroatoms. The Morgan fingerprint density at radius 2 is 1.88 bits per heavy atom. The van der Waals surface area contributed by atoms with Crippen molar-refractivity contribution in [1.29, 1.82) is 0 Å². The third-order valence-corrected chi connectivity index (χ3v) is 6.61. The van der Waals surface area contributed by atoms with Gasteiger partial charge >= 0.3 is 6.18 Å². The van der Waals surface area contributed by atoms with Gasteiger partial charge in [0.05, 0.1) is 10.6 Å². The molecule has 136 valence electrons. The Morgan fingerprint density at radius 1 is 1.29 bits per heavy atom. The molecular formula is C15H20ClF3N2O2S. The number of rotatable bonds is 4. The maximum atomic E-state index is 12.8. The number of sulfonamides is 1. The first-order valence-corrected chi connectivity index (χ1v) is 9.35. The van der Waals surface area contributed by atoms with Crippen LogP contribution in [-0.4, -0.2) is 51.4 Å². The minimum atomic E-state index is -4.62. The maximum Gasteiger partial charge on any atom is 0.416 e. The summed E-state index contributed by atoms with van der Waals surface area (Å²) in [6, 6.07) is 2.35. The van der Waals surface area contributed by atoms with Crippen molar-refractivity contribution in [2.45, 2.75) is 23.9 Å². The van der Waals surface area contributed by atoms with Crippen molar-refractivity contribution < 1.29 is 21.6 Å². The highest BCUT2D eigenvalue weighted by Gasteiger charge is 2.34. The van der Waals surface area contributed by atoms with Crippen LogP contribution in [0.5, 0.6) is 0 Å². The third-order valence-electron chi connectivity index (χ3n) is 4.30. The fraction of sp³-hybridized carbons (Fsp3) is 0.600. The lowest BCUT2D eigenvalue weighted by Gasteiger charge is -2.31. The Labute approximate surface area is 145 Å². The normalized spacial score (nSPS) is 18.3. The summed E-state index contributed by atoms with van der Waals surface area (Å²) in [4.78, 5) is 1.66. The van der Waals surface area contributed by atoms with Crippen LogP contribution in [0.3, 0.4) is 0 Å². The lowest BCUT2D eigenvalue weighted by Crippen LogP contribution is -2.38. The van der Waals surface area contributed by atoms with Crippen molar-refractivity contribution in [3.63, 3.8) is 0 Å². The van der Waals surface area contributed by atoms with Crippen molar-refractivity contribution in [3.05, 3.63) is 28.8 Å². The number of halogens is 4. The van der Waals surface area contributed by atoms with Crippen LogP contribution in [0.15, 0.2) is 23.1 Å². The second-order valence-electron chi connectivity index (χ2n) is 6.18. The summed E-state index contributed by atoms with van der Waals surface area (Å²) in [5, 5.41) is -0.210. The Balaban J connectivity index is 2.23. The molecule has 0 N–H and O–H groups in total. The molecule has 0 aromatic heterocycles. The molecule has 1 aromatic carbocycles. The summed E-state index contributed by atoms with van der Waals surface area (Å²) in [6.07, 6.45) is -2.92. The molecule has 1 heterocycles. The summed E-state index contributed by atoms with van der Waals surface area (Å²) in [7, 11) is -0.699. The van der Waals surface area contributed by atoms with Gasteiger partial charge in [-0.1, -0.05) is 11.6 Å². The van der Waals surface area contributed by atoms with Gasteiger partial charge in [-0.2, -0.15) is 13.2 Å². The molecule has 1 aromatic rings. The maximum absolute atomic E-state index is 12.8. The van der Waals surface area contributed by atoms with Gasteiger partial charge in [0.1, 0.15) is 4.90 Å². The van der Waals surface area contributed by atoms with Crippen LogP contribution >= 0.6 is 11.6 Å². The van der Waals surface area contributed by atoms with Crippen molar-refractivity contribution in [1.82, 2.24) is 9.21 Å². The molecule has 0 atom stereocenters. The zero-order chi connectivity index (χ0) is 18.1. The van der Waals surface area contributed by atoms with Gasteiger partial charge in [0.2, 0.25) is 10.0 Å². The fourth-order valence-corrected chi connectivity index (χ4v) is 4.49. The lowest BCUT2D eigenvalue weighted by molar-refractivity contribution is -0.137. The number of hydrogen-bond donors (Lipinski definition) is 0. The minimum Gasteiger partial charge on any atom is -0.306 e. The number of piperidine rings is 1. The molecule has 1 fully saturated rings. The molecule has 24 heavy (non-hydrogen) atoms. The van der Waals surface area contributed by atoms with Gasteiger partial charge < -0.3 is 4.90 Å². The van der Waals surface area contributed by atoms with E-state index in [4.69, 9.17) is 11.6 Å². The van der Waals surface area contributed by atoms with E-state index in [-0.39, 0.29) is 17.5 Å². The van der Waals surface area contributed by atoms with Crippen LogP contribution < -0.4 is 0 Å². The summed E-state index contributed by atoms with van der Waals surface area (Å²) in [6.45, 7) is 2.02. The number of benzene rings is 1.